The highest BCUT2D eigenvalue weighted by atomic mass is 35.5. The van der Waals surface area contributed by atoms with E-state index in [1.54, 1.807) is 0 Å². The Bertz CT molecular complexity index is 301. The predicted molar refractivity (Wildman–Crippen MR) is 50.3 cm³/mol. The van der Waals surface area contributed by atoms with Crippen LogP contribution in [0.5, 0.6) is 0 Å². The molecule has 1 aromatic rings. The van der Waals surface area contributed by atoms with E-state index in [0.29, 0.717) is 24.8 Å². The Balaban J connectivity index is 2.53. The Morgan fingerprint density at radius 2 is 2.57 bits per heavy atom. The number of nitrogens with one attached hydrogen (secondary N) is 1. The topological polar surface area (TPSA) is 64.4 Å². The fraction of sp³-hybridized carbons (Fsp3) is 0.500. The molecule has 0 aliphatic heterocycles. The van der Waals surface area contributed by atoms with E-state index in [-0.39, 0.29) is 11.6 Å². The van der Waals surface area contributed by atoms with Crippen molar-refractivity contribution in [3.05, 3.63) is 17.5 Å². The summed E-state index contributed by atoms with van der Waals surface area (Å²) in [4.78, 5) is 11.3. The van der Waals surface area contributed by atoms with Crippen molar-refractivity contribution in [1.29, 1.82) is 0 Å². The number of alkyl halides is 1. The Morgan fingerprint density at radius 3 is 3.21 bits per heavy atom. The van der Waals surface area contributed by atoms with Crippen LogP contribution in [0.3, 0.4) is 0 Å². The van der Waals surface area contributed by atoms with Gasteiger partial charge in [0.2, 0.25) is 0 Å². The van der Waals surface area contributed by atoms with Crippen molar-refractivity contribution in [2.75, 3.05) is 19.5 Å². The fourth-order valence-corrected chi connectivity index (χ4v) is 0.976. The number of amides is 1. The van der Waals surface area contributed by atoms with E-state index in [9.17, 15) is 4.79 Å². The standard InChI is InChI=1S/C8H11ClN2O3/c1-13-5-6-4-7(11-14-6)8(12)10-3-2-9/h4H,2-3,5H2,1H3,(H,10,12). The number of carbonyl (C=O) groups excluding carboxylic acids is 1. The number of methoxy groups -OCH3 is 1. The summed E-state index contributed by atoms with van der Waals surface area (Å²) in [6, 6.07) is 1.53. The van der Waals surface area contributed by atoms with E-state index >= 15 is 0 Å². The average molecular weight is 219 g/mol. The summed E-state index contributed by atoms with van der Waals surface area (Å²) in [5.41, 5.74) is 0.238. The van der Waals surface area contributed by atoms with Crippen LogP contribution in [0.25, 0.3) is 0 Å². The van der Waals surface area contributed by atoms with Crippen LogP contribution < -0.4 is 5.32 Å². The van der Waals surface area contributed by atoms with Gasteiger partial charge in [-0.25, -0.2) is 0 Å². The Hall–Kier alpha value is -1.07. The van der Waals surface area contributed by atoms with Gasteiger partial charge in [0, 0.05) is 25.6 Å². The van der Waals surface area contributed by atoms with Crippen molar-refractivity contribution < 1.29 is 14.1 Å². The predicted octanol–water partition coefficient (Wildman–Crippen LogP) is 0.790. The number of carbonyl (C=O) groups is 1. The molecule has 1 amide bonds. The molecule has 0 spiro atoms. The lowest BCUT2D eigenvalue weighted by molar-refractivity contribution is 0.0946. The first kappa shape index (κ1) is 11.0. The molecule has 0 bridgehead atoms. The minimum absolute atomic E-state index is 0.238. The second-order valence-electron chi connectivity index (χ2n) is 2.56. The molecule has 0 unspecified atom stereocenters. The Kier molecular flexibility index (Phi) is 4.42. The van der Waals surface area contributed by atoms with Gasteiger partial charge in [0.25, 0.3) is 5.91 Å². The first-order valence-electron chi connectivity index (χ1n) is 4.06. The third-order valence-corrected chi connectivity index (χ3v) is 1.65. The number of hydrogen-bond donors (Lipinski definition) is 1. The van der Waals surface area contributed by atoms with Gasteiger partial charge >= 0.3 is 0 Å². The normalized spacial score (nSPS) is 10.1. The van der Waals surface area contributed by atoms with Crippen molar-refractivity contribution >= 4 is 17.5 Å². The second kappa shape index (κ2) is 5.62. The van der Waals surface area contributed by atoms with Crippen molar-refractivity contribution in [1.82, 2.24) is 10.5 Å². The lowest BCUT2D eigenvalue weighted by atomic mass is 10.3. The molecule has 6 heteroatoms. The summed E-state index contributed by atoms with van der Waals surface area (Å²) in [7, 11) is 1.54. The molecule has 1 heterocycles. The van der Waals surface area contributed by atoms with Crippen LogP contribution in [-0.2, 0) is 11.3 Å². The number of nitrogens with zero attached hydrogens (tertiary/aromatic N) is 1. The van der Waals surface area contributed by atoms with E-state index in [4.69, 9.17) is 20.9 Å². The van der Waals surface area contributed by atoms with Crippen molar-refractivity contribution in [3.63, 3.8) is 0 Å². The lowest BCUT2D eigenvalue weighted by Crippen LogP contribution is -2.25. The molecule has 0 aliphatic rings. The Labute approximate surface area is 86.3 Å². The van der Waals surface area contributed by atoms with Crippen LogP contribution in [0.2, 0.25) is 0 Å². The van der Waals surface area contributed by atoms with Gasteiger partial charge in [0.15, 0.2) is 11.5 Å². The van der Waals surface area contributed by atoms with Crippen LogP contribution in [0, 0.1) is 0 Å². The van der Waals surface area contributed by atoms with Gasteiger partial charge in [-0.05, 0) is 0 Å². The minimum Gasteiger partial charge on any atom is -0.377 e. The zero-order valence-corrected chi connectivity index (χ0v) is 8.50. The maximum atomic E-state index is 11.3. The monoisotopic (exact) mass is 218 g/mol. The lowest BCUT2D eigenvalue weighted by Gasteiger charge is -1.96. The molecular formula is C8H11ClN2O3. The maximum Gasteiger partial charge on any atom is 0.273 e. The molecule has 78 valence electrons. The summed E-state index contributed by atoms with van der Waals surface area (Å²) in [5, 5.41) is 6.15. The maximum absolute atomic E-state index is 11.3. The molecule has 14 heavy (non-hydrogen) atoms. The number of rotatable bonds is 5. The van der Waals surface area contributed by atoms with Crippen LogP contribution in [0.1, 0.15) is 16.2 Å². The summed E-state index contributed by atoms with van der Waals surface area (Å²) < 4.78 is 9.65. The SMILES string of the molecule is COCc1cc(C(=O)NCCCl)no1. The van der Waals surface area contributed by atoms with E-state index in [2.05, 4.69) is 10.5 Å². The zero-order chi connectivity index (χ0) is 10.4. The van der Waals surface area contributed by atoms with Crippen LogP contribution in [0.15, 0.2) is 10.6 Å². The molecular weight excluding hydrogens is 208 g/mol. The van der Waals surface area contributed by atoms with Gasteiger partial charge < -0.3 is 14.6 Å². The molecule has 1 rings (SSSR count). The molecule has 0 aromatic carbocycles. The second-order valence-corrected chi connectivity index (χ2v) is 2.93. The first-order valence-corrected chi connectivity index (χ1v) is 4.60. The largest absolute Gasteiger partial charge is 0.377 e. The molecule has 0 fully saturated rings. The summed E-state index contributed by atoms with van der Waals surface area (Å²) >= 11 is 5.41. The van der Waals surface area contributed by atoms with Gasteiger partial charge in [-0.1, -0.05) is 5.16 Å². The van der Waals surface area contributed by atoms with Crippen molar-refractivity contribution in [3.8, 4) is 0 Å². The molecule has 1 N–H and O–H groups in total. The molecule has 0 atom stereocenters. The summed E-state index contributed by atoms with van der Waals surface area (Å²) in [6.07, 6.45) is 0. The van der Waals surface area contributed by atoms with Gasteiger partial charge in [-0.3, -0.25) is 4.79 Å². The third kappa shape index (κ3) is 3.01. The van der Waals surface area contributed by atoms with Gasteiger partial charge in [0.05, 0.1) is 0 Å². The number of halogens is 1. The Morgan fingerprint density at radius 1 is 1.79 bits per heavy atom. The molecule has 0 saturated carbocycles. The van der Waals surface area contributed by atoms with Gasteiger partial charge in [-0.15, -0.1) is 11.6 Å². The van der Waals surface area contributed by atoms with Crippen LogP contribution in [0.4, 0.5) is 0 Å². The summed E-state index contributed by atoms with van der Waals surface area (Å²) in [6.45, 7) is 0.711. The number of ether oxygens (including phenoxy) is 1. The number of aromatic nitrogens is 1. The van der Waals surface area contributed by atoms with Crippen LogP contribution >= 0.6 is 11.6 Å². The van der Waals surface area contributed by atoms with E-state index < -0.39 is 0 Å². The summed E-state index contributed by atoms with van der Waals surface area (Å²) in [5.74, 6) is 0.592. The van der Waals surface area contributed by atoms with Crippen molar-refractivity contribution in [2.24, 2.45) is 0 Å². The molecule has 0 radical (unpaired) electrons. The highest BCUT2D eigenvalue weighted by molar-refractivity contribution is 6.18. The quantitative estimate of drug-likeness (QED) is 0.743. The number of hydrogen-bond acceptors (Lipinski definition) is 4. The zero-order valence-electron chi connectivity index (χ0n) is 7.75. The van der Waals surface area contributed by atoms with Gasteiger partial charge in [0.1, 0.15) is 6.61 Å². The molecule has 0 saturated heterocycles. The first-order chi connectivity index (χ1) is 6.77. The van der Waals surface area contributed by atoms with Gasteiger partial charge in [-0.2, -0.15) is 0 Å². The molecule has 0 aliphatic carbocycles. The third-order valence-electron chi connectivity index (χ3n) is 1.46. The average Bonchev–Trinajstić information content (AvgIpc) is 2.63. The highest BCUT2D eigenvalue weighted by Gasteiger charge is 2.11. The van der Waals surface area contributed by atoms with E-state index in [1.165, 1.54) is 13.2 Å². The fourth-order valence-electron chi connectivity index (χ4n) is 0.882. The van der Waals surface area contributed by atoms with Crippen LogP contribution in [-0.4, -0.2) is 30.6 Å². The van der Waals surface area contributed by atoms with E-state index in [0.717, 1.165) is 0 Å². The molecule has 5 nitrogen and oxygen atoms in total. The highest BCUT2D eigenvalue weighted by Crippen LogP contribution is 2.04. The molecule has 1 aromatic heterocycles. The smallest absolute Gasteiger partial charge is 0.273 e. The van der Waals surface area contributed by atoms with Crippen molar-refractivity contribution in [2.45, 2.75) is 6.61 Å². The minimum atomic E-state index is -0.295. The van der Waals surface area contributed by atoms with E-state index in [1.807, 2.05) is 0 Å².